The number of aromatic nitrogens is 2. The number of carbonyl (C=O) groups is 1. The molecule has 1 saturated heterocycles. The van der Waals surface area contributed by atoms with Gasteiger partial charge in [0.25, 0.3) is 5.91 Å². The van der Waals surface area contributed by atoms with E-state index in [2.05, 4.69) is 10.3 Å². The molecule has 7 nitrogen and oxygen atoms in total. The molecule has 0 atom stereocenters. The Kier molecular flexibility index (Phi) is 5.57. The van der Waals surface area contributed by atoms with E-state index in [0.717, 1.165) is 23.9 Å². The van der Waals surface area contributed by atoms with Gasteiger partial charge in [0.05, 0.1) is 26.5 Å². The number of carbonyl (C=O) groups excluding carboxylic acids is 1. The number of anilines is 1. The quantitative estimate of drug-likeness (QED) is 0.622. The molecule has 9 heteroatoms. The molecular weight excluding hydrogens is 436 g/mol. The van der Waals surface area contributed by atoms with Crippen LogP contribution in [0.25, 0.3) is 11.0 Å². The number of para-hydroxylation sites is 2. The van der Waals surface area contributed by atoms with Crippen molar-refractivity contribution in [2.45, 2.75) is 44.0 Å². The summed E-state index contributed by atoms with van der Waals surface area (Å²) in [6.45, 7) is 7.04. The van der Waals surface area contributed by atoms with Crippen LogP contribution < -0.4 is 5.32 Å². The zero-order valence-electron chi connectivity index (χ0n) is 17.7. The predicted octanol–water partition coefficient (Wildman–Crippen LogP) is 4.48. The molecule has 0 spiro atoms. The van der Waals surface area contributed by atoms with Crippen LogP contribution in [0.15, 0.2) is 47.4 Å². The van der Waals surface area contributed by atoms with Crippen molar-refractivity contribution < 1.29 is 13.2 Å². The number of fused-ring (bicyclic) bond motifs is 1. The molecule has 0 aliphatic carbocycles. The first-order chi connectivity index (χ1) is 14.6. The second-order valence-corrected chi connectivity index (χ2v) is 11.0. The summed E-state index contributed by atoms with van der Waals surface area (Å²) >= 11 is 6.28. The number of imidazole rings is 1. The average Bonchev–Trinajstić information content (AvgIpc) is 3.35. The highest BCUT2D eigenvalue weighted by Gasteiger charge is 2.29. The molecule has 2 aromatic carbocycles. The maximum atomic E-state index is 13.1. The molecule has 2 heterocycles. The number of nitrogens with one attached hydrogen (secondary N) is 1. The number of hydrogen-bond acceptors (Lipinski definition) is 4. The van der Waals surface area contributed by atoms with Gasteiger partial charge in [-0.2, -0.15) is 4.31 Å². The Balaban J connectivity index is 1.72. The molecule has 3 aromatic rings. The number of halogens is 1. The van der Waals surface area contributed by atoms with Crippen LogP contribution in [-0.4, -0.2) is 41.3 Å². The minimum Gasteiger partial charge on any atom is -0.305 e. The van der Waals surface area contributed by atoms with E-state index in [4.69, 9.17) is 11.6 Å². The highest BCUT2D eigenvalue weighted by molar-refractivity contribution is 7.89. The van der Waals surface area contributed by atoms with Crippen molar-refractivity contribution >= 4 is 44.5 Å². The van der Waals surface area contributed by atoms with Crippen LogP contribution in [0.2, 0.25) is 5.02 Å². The molecule has 1 fully saturated rings. The lowest BCUT2D eigenvalue weighted by Gasteiger charge is -2.24. The van der Waals surface area contributed by atoms with E-state index in [-0.39, 0.29) is 21.0 Å². The SMILES string of the molecule is CC(C)(C)n1c(NC(=O)c2cc(S(=O)(=O)N3CCCC3)ccc2Cl)nc2ccccc21. The van der Waals surface area contributed by atoms with Gasteiger partial charge in [-0.3, -0.25) is 10.1 Å². The molecule has 4 rings (SSSR count). The fourth-order valence-electron chi connectivity index (χ4n) is 3.87. The highest BCUT2D eigenvalue weighted by Crippen LogP contribution is 2.30. The Labute approximate surface area is 187 Å². The minimum atomic E-state index is -3.66. The van der Waals surface area contributed by atoms with Gasteiger partial charge in [0, 0.05) is 18.6 Å². The molecule has 0 bridgehead atoms. The predicted molar refractivity (Wildman–Crippen MR) is 122 cm³/mol. The standard InChI is InChI=1S/C22H25ClN4O3S/c1-22(2,3)27-19-9-5-4-8-18(19)24-21(27)25-20(28)16-14-15(10-11-17(16)23)31(29,30)26-12-6-7-13-26/h4-5,8-11,14H,6-7,12-13H2,1-3H3,(H,24,25,28). The molecule has 1 amide bonds. The highest BCUT2D eigenvalue weighted by atomic mass is 35.5. The normalized spacial score (nSPS) is 15.5. The minimum absolute atomic E-state index is 0.0632. The number of nitrogens with zero attached hydrogens (tertiary/aromatic N) is 3. The van der Waals surface area contributed by atoms with E-state index in [1.165, 1.54) is 22.5 Å². The van der Waals surface area contributed by atoms with E-state index >= 15 is 0 Å². The third-order valence-electron chi connectivity index (χ3n) is 5.34. The molecule has 31 heavy (non-hydrogen) atoms. The zero-order valence-corrected chi connectivity index (χ0v) is 19.3. The lowest BCUT2D eigenvalue weighted by molar-refractivity contribution is 0.102. The van der Waals surface area contributed by atoms with Crippen molar-refractivity contribution in [2.24, 2.45) is 0 Å². The molecule has 0 radical (unpaired) electrons. The first-order valence-electron chi connectivity index (χ1n) is 10.2. The van der Waals surface area contributed by atoms with Gasteiger partial charge in [0.2, 0.25) is 16.0 Å². The van der Waals surface area contributed by atoms with Gasteiger partial charge in [-0.1, -0.05) is 23.7 Å². The van der Waals surface area contributed by atoms with Gasteiger partial charge >= 0.3 is 0 Å². The summed E-state index contributed by atoms with van der Waals surface area (Å²) in [5.41, 5.74) is 1.39. The van der Waals surface area contributed by atoms with Crippen LogP contribution in [0.3, 0.4) is 0 Å². The number of rotatable bonds is 4. The van der Waals surface area contributed by atoms with Crippen LogP contribution in [0, 0.1) is 0 Å². The smallest absolute Gasteiger partial charge is 0.259 e. The maximum absolute atomic E-state index is 13.1. The average molecular weight is 461 g/mol. The Morgan fingerprint density at radius 1 is 1.10 bits per heavy atom. The number of hydrogen-bond donors (Lipinski definition) is 1. The third kappa shape index (κ3) is 4.07. The summed E-state index contributed by atoms with van der Waals surface area (Å²) < 4.78 is 29.2. The number of amides is 1. The summed E-state index contributed by atoms with van der Waals surface area (Å²) in [6, 6.07) is 11.9. The summed E-state index contributed by atoms with van der Waals surface area (Å²) in [5.74, 6) is -0.133. The van der Waals surface area contributed by atoms with Crippen molar-refractivity contribution in [3.8, 4) is 0 Å². The van der Waals surface area contributed by atoms with Gasteiger partial charge in [-0.05, 0) is 63.9 Å². The Hall–Kier alpha value is -2.42. The Bertz CT molecular complexity index is 1260. The van der Waals surface area contributed by atoms with Gasteiger partial charge < -0.3 is 4.57 Å². The number of sulfonamides is 1. The molecule has 0 unspecified atom stereocenters. The molecule has 164 valence electrons. The van der Waals surface area contributed by atoms with Crippen LogP contribution in [0.1, 0.15) is 44.0 Å². The fourth-order valence-corrected chi connectivity index (χ4v) is 5.62. The van der Waals surface area contributed by atoms with E-state index < -0.39 is 15.9 Å². The van der Waals surface area contributed by atoms with E-state index in [1.54, 1.807) is 0 Å². The van der Waals surface area contributed by atoms with E-state index in [1.807, 2.05) is 49.6 Å². The molecule has 1 aliphatic heterocycles. The van der Waals surface area contributed by atoms with Crippen molar-refractivity contribution in [3.05, 3.63) is 53.1 Å². The van der Waals surface area contributed by atoms with Crippen molar-refractivity contribution in [2.75, 3.05) is 18.4 Å². The van der Waals surface area contributed by atoms with Crippen molar-refractivity contribution in [1.29, 1.82) is 0 Å². The summed E-state index contributed by atoms with van der Waals surface area (Å²) in [4.78, 5) is 17.8. The van der Waals surface area contributed by atoms with Gasteiger partial charge in [0.15, 0.2) is 0 Å². The second kappa shape index (κ2) is 7.93. The van der Waals surface area contributed by atoms with E-state index in [0.29, 0.717) is 19.0 Å². The summed E-state index contributed by atoms with van der Waals surface area (Å²) in [6.07, 6.45) is 1.67. The first-order valence-corrected chi connectivity index (χ1v) is 12.0. The second-order valence-electron chi connectivity index (χ2n) is 8.64. The fraction of sp³-hybridized carbons (Fsp3) is 0.364. The number of benzene rings is 2. The van der Waals surface area contributed by atoms with Crippen molar-refractivity contribution in [3.63, 3.8) is 0 Å². The molecule has 1 aliphatic rings. The summed E-state index contributed by atoms with van der Waals surface area (Å²) in [7, 11) is -3.66. The van der Waals surface area contributed by atoms with Crippen LogP contribution >= 0.6 is 11.6 Å². The zero-order chi connectivity index (χ0) is 22.4. The summed E-state index contributed by atoms with van der Waals surface area (Å²) in [5, 5.41) is 3.01. The van der Waals surface area contributed by atoms with E-state index in [9.17, 15) is 13.2 Å². The van der Waals surface area contributed by atoms with Crippen molar-refractivity contribution in [1.82, 2.24) is 13.9 Å². The van der Waals surface area contributed by atoms with Gasteiger partial charge in [0.1, 0.15) is 0 Å². The topological polar surface area (TPSA) is 84.3 Å². The lowest BCUT2D eigenvalue weighted by atomic mass is 10.1. The molecular formula is C22H25ClN4O3S. The first kappa shape index (κ1) is 21.8. The van der Waals surface area contributed by atoms with Crippen LogP contribution in [0.5, 0.6) is 0 Å². The maximum Gasteiger partial charge on any atom is 0.259 e. The Morgan fingerprint density at radius 2 is 1.77 bits per heavy atom. The van der Waals surface area contributed by atoms with Gasteiger partial charge in [-0.15, -0.1) is 0 Å². The largest absolute Gasteiger partial charge is 0.305 e. The molecule has 1 N–H and O–H groups in total. The van der Waals surface area contributed by atoms with Crippen LogP contribution in [-0.2, 0) is 15.6 Å². The molecule has 1 aromatic heterocycles. The van der Waals surface area contributed by atoms with Crippen LogP contribution in [0.4, 0.5) is 5.95 Å². The third-order valence-corrected chi connectivity index (χ3v) is 7.57. The lowest BCUT2D eigenvalue weighted by Crippen LogP contribution is -2.28. The Morgan fingerprint density at radius 3 is 2.45 bits per heavy atom. The van der Waals surface area contributed by atoms with Gasteiger partial charge in [-0.25, -0.2) is 13.4 Å². The molecule has 0 saturated carbocycles. The monoisotopic (exact) mass is 460 g/mol.